The quantitative estimate of drug-likeness (QED) is 0.904. The minimum absolute atomic E-state index is 0.419. The van der Waals surface area contributed by atoms with Crippen molar-refractivity contribution in [2.75, 3.05) is 7.05 Å². The van der Waals surface area contributed by atoms with Gasteiger partial charge in [0.2, 0.25) is 0 Å². The molecule has 0 radical (unpaired) electrons. The van der Waals surface area contributed by atoms with Gasteiger partial charge in [-0.1, -0.05) is 20.8 Å². The number of aryl methyl sites for hydroxylation is 1. The van der Waals surface area contributed by atoms with Crippen LogP contribution < -0.4 is 5.32 Å². The van der Waals surface area contributed by atoms with Crippen LogP contribution in [0, 0.1) is 17.3 Å². The maximum absolute atomic E-state index is 4.58. The molecule has 1 N–H and O–H groups in total. The van der Waals surface area contributed by atoms with Crippen molar-refractivity contribution in [2.45, 2.75) is 52.5 Å². The Hall–Kier alpha value is -0.830. The van der Waals surface area contributed by atoms with Gasteiger partial charge in [0.05, 0.1) is 11.7 Å². The maximum Gasteiger partial charge on any atom is 0.0796 e. The third-order valence-electron chi connectivity index (χ3n) is 4.83. The van der Waals surface area contributed by atoms with E-state index in [9.17, 15) is 0 Å². The van der Waals surface area contributed by atoms with Gasteiger partial charge in [-0.05, 0) is 56.0 Å². The Bertz CT molecular complexity index is 394. The van der Waals surface area contributed by atoms with Crippen LogP contribution in [0.15, 0.2) is 12.3 Å². The maximum atomic E-state index is 4.58. The van der Waals surface area contributed by atoms with E-state index in [1.54, 1.807) is 0 Å². The molecule has 2 rings (SSSR count). The van der Waals surface area contributed by atoms with Gasteiger partial charge in [-0.3, -0.25) is 4.68 Å². The summed E-state index contributed by atoms with van der Waals surface area (Å²) in [6.45, 7) is 7.14. The van der Waals surface area contributed by atoms with Crippen molar-refractivity contribution in [2.24, 2.45) is 24.3 Å². The fourth-order valence-electron chi connectivity index (χ4n) is 3.54. The van der Waals surface area contributed by atoms with Gasteiger partial charge in [0, 0.05) is 13.2 Å². The van der Waals surface area contributed by atoms with Crippen LogP contribution in [0.1, 0.15) is 58.2 Å². The van der Waals surface area contributed by atoms with E-state index in [0.717, 1.165) is 11.8 Å². The molecule has 0 aliphatic heterocycles. The number of hydrogen-bond acceptors (Lipinski definition) is 2. The smallest absolute Gasteiger partial charge is 0.0796 e. The van der Waals surface area contributed by atoms with E-state index >= 15 is 0 Å². The zero-order valence-corrected chi connectivity index (χ0v) is 13.1. The number of hydrogen-bond donors (Lipinski definition) is 1. The van der Waals surface area contributed by atoms with Gasteiger partial charge >= 0.3 is 0 Å². The standard InChI is InChI=1S/C16H29N3/c1-16(2,3)13-8-6-12(7-9-13)15(17-4)14-10-11-19(5)18-14/h10-13,15,17H,6-9H2,1-5H3. The summed E-state index contributed by atoms with van der Waals surface area (Å²) in [4.78, 5) is 0. The highest BCUT2D eigenvalue weighted by Crippen LogP contribution is 2.43. The summed E-state index contributed by atoms with van der Waals surface area (Å²) in [5.41, 5.74) is 1.66. The molecule has 1 aromatic heterocycles. The highest BCUT2D eigenvalue weighted by Gasteiger charge is 2.33. The number of nitrogens with one attached hydrogen (secondary N) is 1. The van der Waals surface area contributed by atoms with Crippen LogP contribution in [-0.4, -0.2) is 16.8 Å². The van der Waals surface area contributed by atoms with Gasteiger partial charge in [0.15, 0.2) is 0 Å². The predicted octanol–water partition coefficient (Wildman–Crippen LogP) is 3.53. The second-order valence-electron chi connectivity index (χ2n) is 7.16. The van der Waals surface area contributed by atoms with Crippen molar-refractivity contribution < 1.29 is 0 Å². The van der Waals surface area contributed by atoms with Crippen molar-refractivity contribution in [3.8, 4) is 0 Å². The first kappa shape index (κ1) is 14.6. The number of aromatic nitrogens is 2. The molecule has 108 valence electrons. The lowest BCUT2D eigenvalue weighted by atomic mass is 9.68. The molecule has 1 aliphatic carbocycles. The van der Waals surface area contributed by atoms with Gasteiger partial charge in [-0.2, -0.15) is 5.10 Å². The van der Waals surface area contributed by atoms with E-state index in [1.807, 2.05) is 17.9 Å². The molecule has 0 spiro atoms. The average Bonchev–Trinajstić information content (AvgIpc) is 2.76. The molecular formula is C16H29N3. The zero-order chi connectivity index (χ0) is 14.0. The Morgan fingerprint density at radius 2 is 1.89 bits per heavy atom. The van der Waals surface area contributed by atoms with Crippen LogP contribution in [0.2, 0.25) is 0 Å². The molecule has 0 aromatic carbocycles. The second kappa shape index (κ2) is 5.66. The molecule has 3 nitrogen and oxygen atoms in total. The molecule has 1 aliphatic rings. The lowest BCUT2D eigenvalue weighted by Gasteiger charge is -2.39. The summed E-state index contributed by atoms with van der Waals surface area (Å²) < 4.78 is 1.90. The van der Waals surface area contributed by atoms with Crippen molar-refractivity contribution in [3.63, 3.8) is 0 Å². The molecule has 1 atom stereocenters. The molecule has 3 heteroatoms. The SMILES string of the molecule is CNC(c1ccn(C)n1)C1CCC(C(C)(C)C)CC1. The predicted molar refractivity (Wildman–Crippen MR) is 79.9 cm³/mol. The fraction of sp³-hybridized carbons (Fsp3) is 0.812. The first-order valence-electron chi connectivity index (χ1n) is 7.58. The minimum Gasteiger partial charge on any atom is -0.311 e. The van der Waals surface area contributed by atoms with Gasteiger partial charge in [-0.25, -0.2) is 0 Å². The van der Waals surface area contributed by atoms with Crippen LogP contribution >= 0.6 is 0 Å². The Balaban J connectivity index is 1.99. The van der Waals surface area contributed by atoms with Gasteiger partial charge in [0.1, 0.15) is 0 Å². The largest absolute Gasteiger partial charge is 0.311 e. The van der Waals surface area contributed by atoms with Gasteiger partial charge in [-0.15, -0.1) is 0 Å². The van der Waals surface area contributed by atoms with Gasteiger partial charge < -0.3 is 5.32 Å². The van der Waals surface area contributed by atoms with Gasteiger partial charge in [0.25, 0.3) is 0 Å². The van der Waals surface area contributed by atoms with Crippen LogP contribution in [-0.2, 0) is 7.05 Å². The van der Waals surface area contributed by atoms with E-state index in [4.69, 9.17) is 0 Å². The summed E-state index contributed by atoms with van der Waals surface area (Å²) in [5, 5.41) is 8.06. The lowest BCUT2D eigenvalue weighted by molar-refractivity contribution is 0.133. The third-order valence-corrected chi connectivity index (χ3v) is 4.83. The molecule has 0 bridgehead atoms. The number of rotatable bonds is 3. The first-order valence-corrected chi connectivity index (χ1v) is 7.58. The van der Waals surface area contributed by atoms with E-state index < -0.39 is 0 Å². The molecule has 1 saturated carbocycles. The molecule has 1 heterocycles. The van der Waals surface area contributed by atoms with Crippen molar-refractivity contribution >= 4 is 0 Å². The Morgan fingerprint density at radius 3 is 2.32 bits per heavy atom. The van der Waals surface area contributed by atoms with Crippen molar-refractivity contribution in [1.82, 2.24) is 15.1 Å². The summed E-state index contributed by atoms with van der Waals surface area (Å²) in [7, 11) is 4.06. The Labute approximate surface area is 117 Å². The van der Waals surface area contributed by atoms with E-state index in [-0.39, 0.29) is 0 Å². The second-order valence-corrected chi connectivity index (χ2v) is 7.16. The summed E-state index contributed by atoms with van der Waals surface area (Å²) in [6.07, 6.45) is 7.41. The Morgan fingerprint density at radius 1 is 1.26 bits per heavy atom. The van der Waals surface area contributed by atoms with Crippen LogP contribution in [0.25, 0.3) is 0 Å². The average molecular weight is 263 g/mol. The molecule has 0 amide bonds. The number of nitrogens with zero attached hydrogens (tertiary/aromatic N) is 2. The lowest BCUT2D eigenvalue weighted by Crippen LogP contribution is -2.32. The third kappa shape index (κ3) is 3.38. The highest BCUT2D eigenvalue weighted by atomic mass is 15.3. The molecule has 19 heavy (non-hydrogen) atoms. The van der Waals surface area contributed by atoms with Crippen molar-refractivity contribution in [1.29, 1.82) is 0 Å². The van der Waals surface area contributed by atoms with Crippen LogP contribution in [0.4, 0.5) is 0 Å². The van der Waals surface area contributed by atoms with Crippen LogP contribution in [0.5, 0.6) is 0 Å². The first-order chi connectivity index (χ1) is 8.91. The van der Waals surface area contributed by atoms with E-state index in [1.165, 1.54) is 31.4 Å². The molecule has 1 aromatic rings. The van der Waals surface area contributed by atoms with E-state index in [0.29, 0.717) is 11.5 Å². The monoisotopic (exact) mass is 263 g/mol. The van der Waals surface area contributed by atoms with Crippen molar-refractivity contribution in [3.05, 3.63) is 18.0 Å². The normalized spacial score (nSPS) is 26.4. The molecule has 1 fully saturated rings. The minimum atomic E-state index is 0.419. The fourth-order valence-corrected chi connectivity index (χ4v) is 3.54. The zero-order valence-electron chi connectivity index (χ0n) is 13.1. The molecular weight excluding hydrogens is 234 g/mol. The topological polar surface area (TPSA) is 29.9 Å². The summed E-state index contributed by atoms with van der Waals surface area (Å²) >= 11 is 0. The molecule has 1 unspecified atom stereocenters. The van der Waals surface area contributed by atoms with E-state index in [2.05, 4.69) is 44.3 Å². The summed E-state index contributed by atoms with van der Waals surface area (Å²) in [6, 6.07) is 2.57. The van der Waals surface area contributed by atoms with Crippen LogP contribution in [0.3, 0.4) is 0 Å². The summed E-state index contributed by atoms with van der Waals surface area (Å²) in [5.74, 6) is 1.61. The highest BCUT2D eigenvalue weighted by molar-refractivity contribution is 5.07. The Kier molecular flexibility index (Phi) is 4.34. The molecule has 0 saturated heterocycles.